The number of amides is 1. The van der Waals surface area contributed by atoms with Gasteiger partial charge in [-0.15, -0.1) is 0 Å². The van der Waals surface area contributed by atoms with Crippen LogP contribution in [0.1, 0.15) is 18.4 Å². The lowest BCUT2D eigenvalue weighted by molar-refractivity contribution is -0.132. The lowest BCUT2D eigenvalue weighted by Crippen LogP contribution is -2.45. The van der Waals surface area contributed by atoms with E-state index in [1.165, 1.54) is 7.11 Å². The maximum Gasteiger partial charge on any atom is 0.290 e. The molecule has 29 heavy (non-hydrogen) atoms. The third kappa shape index (κ3) is 8.80. The molecule has 0 aliphatic carbocycles. The van der Waals surface area contributed by atoms with Crippen LogP contribution in [0, 0.1) is 17.2 Å². The minimum atomic E-state index is -3.39. The predicted octanol–water partition coefficient (Wildman–Crippen LogP) is 0.434. The molecule has 1 saturated heterocycles. The molecule has 11 heteroatoms. The maximum atomic E-state index is 12.1. The van der Waals surface area contributed by atoms with Crippen molar-refractivity contribution in [2.24, 2.45) is 5.92 Å². The number of ether oxygens (including phenoxy) is 2. The molecule has 10 nitrogen and oxygen atoms in total. The zero-order valence-electron chi connectivity index (χ0n) is 16.3. The van der Waals surface area contributed by atoms with Gasteiger partial charge in [0.05, 0.1) is 38.1 Å². The van der Waals surface area contributed by atoms with Gasteiger partial charge in [-0.3, -0.25) is 9.59 Å². The Morgan fingerprint density at radius 3 is 2.72 bits per heavy atom. The van der Waals surface area contributed by atoms with E-state index < -0.39 is 10.0 Å². The molecule has 1 heterocycles. The van der Waals surface area contributed by atoms with Crippen molar-refractivity contribution < 1.29 is 32.6 Å². The quantitative estimate of drug-likeness (QED) is 0.596. The fourth-order valence-corrected chi connectivity index (χ4v) is 3.18. The number of nitriles is 1. The van der Waals surface area contributed by atoms with E-state index in [4.69, 9.17) is 24.6 Å². The number of nitrogens with zero attached hydrogens (tertiary/aromatic N) is 2. The van der Waals surface area contributed by atoms with Crippen LogP contribution in [0.15, 0.2) is 18.2 Å². The van der Waals surface area contributed by atoms with Crippen LogP contribution >= 0.6 is 0 Å². The highest BCUT2D eigenvalue weighted by molar-refractivity contribution is 7.88. The number of nitrogens with one attached hydrogen (secondary N) is 1. The third-order valence-electron chi connectivity index (χ3n) is 4.12. The minimum Gasteiger partial charge on any atom is -0.493 e. The monoisotopic (exact) mass is 427 g/mol. The van der Waals surface area contributed by atoms with Gasteiger partial charge < -0.3 is 19.5 Å². The number of carbonyl (C=O) groups is 2. The van der Waals surface area contributed by atoms with Gasteiger partial charge in [0, 0.05) is 25.1 Å². The summed E-state index contributed by atoms with van der Waals surface area (Å²) in [6, 6.07) is 7.01. The van der Waals surface area contributed by atoms with Gasteiger partial charge in [-0.05, 0) is 25.0 Å². The number of sulfonamides is 1. The maximum absolute atomic E-state index is 12.1. The summed E-state index contributed by atoms with van der Waals surface area (Å²) in [5, 5.41) is 15.8. The highest BCUT2D eigenvalue weighted by atomic mass is 32.2. The first kappa shape index (κ1) is 24.2. The number of carboxylic acid groups (broad SMARTS) is 1. The van der Waals surface area contributed by atoms with Crippen molar-refractivity contribution in [3.8, 4) is 17.6 Å². The fraction of sp³-hybridized carbons (Fsp3) is 0.500. The normalized spacial score (nSPS) is 16.0. The number of hydrogen-bond donors (Lipinski definition) is 2. The Morgan fingerprint density at radius 2 is 2.14 bits per heavy atom. The largest absolute Gasteiger partial charge is 0.493 e. The zero-order valence-corrected chi connectivity index (χ0v) is 17.1. The first-order valence-electron chi connectivity index (χ1n) is 8.75. The van der Waals surface area contributed by atoms with Crippen LogP contribution in [0.25, 0.3) is 0 Å². The summed E-state index contributed by atoms with van der Waals surface area (Å²) in [5.74, 6) is 0.946. The molecule has 1 aliphatic rings. The van der Waals surface area contributed by atoms with Gasteiger partial charge in [-0.1, -0.05) is 0 Å². The average molecular weight is 427 g/mol. The minimum absolute atomic E-state index is 0.145. The lowest BCUT2D eigenvalue weighted by Gasteiger charge is -2.32. The molecule has 0 bridgehead atoms. The first-order valence-corrected chi connectivity index (χ1v) is 10.6. The van der Waals surface area contributed by atoms with E-state index in [0.717, 1.165) is 19.1 Å². The highest BCUT2D eigenvalue weighted by Crippen LogP contribution is 2.29. The van der Waals surface area contributed by atoms with Gasteiger partial charge in [-0.2, -0.15) is 5.26 Å². The van der Waals surface area contributed by atoms with Crippen molar-refractivity contribution in [1.29, 1.82) is 5.26 Å². The molecular formula is C18H25N3O7S. The van der Waals surface area contributed by atoms with Crippen molar-refractivity contribution in [1.82, 2.24) is 9.62 Å². The van der Waals surface area contributed by atoms with Crippen molar-refractivity contribution in [3.63, 3.8) is 0 Å². The summed E-state index contributed by atoms with van der Waals surface area (Å²) in [6.07, 6.45) is 2.78. The number of piperidine rings is 1. The number of carbonyl (C=O) groups excluding carboxylic acids is 1. The number of benzene rings is 1. The van der Waals surface area contributed by atoms with Crippen LogP contribution in [0.5, 0.6) is 11.5 Å². The second-order valence-electron chi connectivity index (χ2n) is 6.34. The number of rotatable bonds is 7. The van der Waals surface area contributed by atoms with Crippen molar-refractivity contribution in [3.05, 3.63) is 23.8 Å². The van der Waals surface area contributed by atoms with Crippen molar-refractivity contribution >= 4 is 22.4 Å². The van der Waals surface area contributed by atoms with Crippen LogP contribution in [-0.4, -0.2) is 70.4 Å². The van der Waals surface area contributed by atoms with Crippen molar-refractivity contribution in [2.75, 3.05) is 39.6 Å². The Morgan fingerprint density at radius 1 is 1.45 bits per heavy atom. The third-order valence-corrected chi connectivity index (χ3v) is 4.79. The average Bonchev–Trinajstić information content (AvgIpc) is 2.70. The Kier molecular flexibility index (Phi) is 9.91. The molecule has 1 atom stereocenters. The van der Waals surface area contributed by atoms with E-state index in [-0.39, 0.29) is 24.8 Å². The van der Waals surface area contributed by atoms with E-state index in [2.05, 4.69) is 4.72 Å². The molecule has 1 unspecified atom stereocenters. The van der Waals surface area contributed by atoms with Gasteiger partial charge in [-0.25, -0.2) is 13.1 Å². The number of hydrogen-bond acceptors (Lipinski definition) is 7. The molecule has 0 saturated carbocycles. The topological polar surface area (TPSA) is 146 Å². The Balaban J connectivity index is 0.00000132. The number of methoxy groups -OCH3 is 1. The van der Waals surface area contributed by atoms with Crippen LogP contribution in [0.2, 0.25) is 0 Å². The second-order valence-corrected chi connectivity index (χ2v) is 8.17. The van der Waals surface area contributed by atoms with Gasteiger partial charge in [0.1, 0.15) is 0 Å². The lowest BCUT2D eigenvalue weighted by atomic mass is 9.99. The van der Waals surface area contributed by atoms with Crippen LogP contribution in [0.4, 0.5) is 0 Å². The van der Waals surface area contributed by atoms with E-state index in [0.29, 0.717) is 36.8 Å². The van der Waals surface area contributed by atoms with E-state index in [9.17, 15) is 13.2 Å². The Hall–Kier alpha value is -2.84. The summed E-state index contributed by atoms with van der Waals surface area (Å²) in [7, 11) is -1.88. The van der Waals surface area contributed by atoms with Gasteiger partial charge in [0.2, 0.25) is 15.9 Å². The first-order chi connectivity index (χ1) is 13.7. The molecule has 0 spiro atoms. The van der Waals surface area contributed by atoms with Crippen molar-refractivity contribution in [2.45, 2.75) is 12.8 Å². The molecular weight excluding hydrogens is 402 g/mol. The number of likely N-dealkylation sites (tertiary alicyclic amines) is 1. The van der Waals surface area contributed by atoms with Gasteiger partial charge in [0.15, 0.2) is 11.5 Å². The summed E-state index contributed by atoms with van der Waals surface area (Å²) >= 11 is 0. The smallest absolute Gasteiger partial charge is 0.290 e. The molecule has 1 amide bonds. The molecule has 1 fully saturated rings. The summed E-state index contributed by atoms with van der Waals surface area (Å²) in [6.45, 7) is 1.06. The van der Waals surface area contributed by atoms with Gasteiger partial charge in [0.25, 0.3) is 6.47 Å². The Labute approximate surface area is 170 Å². The molecule has 1 aromatic rings. The molecule has 1 aromatic carbocycles. The summed E-state index contributed by atoms with van der Waals surface area (Å²) in [4.78, 5) is 22.2. The predicted molar refractivity (Wildman–Crippen MR) is 104 cm³/mol. The standard InChI is InChI=1S/C17H23N3O5S.CH2O2/c1-24-16-8-13(9-18)5-6-15(16)25-12-14-4-3-7-20(11-14)17(21)10-19-26(2,22)23;2-1-3/h5-6,8,14,19H,3-4,7,10-12H2,1-2H3;1H,(H,2,3). The molecule has 2 rings (SSSR count). The Bertz CT molecular complexity index is 836. The zero-order chi connectivity index (χ0) is 21.9. The van der Waals surface area contributed by atoms with Crippen LogP contribution in [-0.2, 0) is 19.6 Å². The molecule has 160 valence electrons. The summed E-state index contributed by atoms with van der Waals surface area (Å²) in [5.41, 5.74) is 0.488. The van der Waals surface area contributed by atoms with Crippen LogP contribution < -0.4 is 14.2 Å². The highest BCUT2D eigenvalue weighted by Gasteiger charge is 2.24. The second kappa shape index (κ2) is 11.9. The van der Waals surface area contributed by atoms with Gasteiger partial charge >= 0.3 is 0 Å². The molecule has 1 aliphatic heterocycles. The van der Waals surface area contributed by atoms with E-state index in [1.54, 1.807) is 23.1 Å². The summed E-state index contributed by atoms with van der Waals surface area (Å²) < 4.78 is 35.5. The molecule has 2 N–H and O–H groups in total. The molecule has 0 aromatic heterocycles. The van der Waals surface area contributed by atoms with Crippen LogP contribution in [0.3, 0.4) is 0 Å². The molecule has 0 radical (unpaired) electrons. The van der Waals surface area contributed by atoms with E-state index in [1.807, 2.05) is 6.07 Å². The SMILES string of the molecule is COc1cc(C#N)ccc1OCC1CCCN(C(=O)CNS(C)(=O)=O)C1.O=CO. The van der Waals surface area contributed by atoms with E-state index >= 15 is 0 Å². The fourth-order valence-electron chi connectivity index (χ4n) is 2.80.